The van der Waals surface area contributed by atoms with Crippen molar-refractivity contribution in [2.24, 2.45) is 7.05 Å². The molecule has 1 unspecified atom stereocenters. The number of likely N-dealkylation sites (N-methyl/N-ethyl adjacent to an activating group) is 1. The first-order valence-corrected chi connectivity index (χ1v) is 7.99. The fraction of sp³-hybridized carbons (Fsp3) is 0.727. The van der Waals surface area contributed by atoms with Crippen molar-refractivity contribution in [3.8, 4) is 0 Å². The van der Waals surface area contributed by atoms with Crippen LogP contribution in [0.2, 0.25) is 5.15 Å². The van der Waals surface area contributed by atoms with Crippen LogP contribution in [0.5, 0.6) is 0 Å². The van der Waals surface area contributed by atoms with Crippen molar-refractivity contribution in [1.82, 2.24) is 18.8 Å². The lowest BCUT2D eigenvalue weighted by Gasteiger charge is -2.25. The summed E-state index contributed by atoms with van der Waals surface area (Å²) in [6, 6.07) is -0.00178. The predicted molar refractivity (Wildman–Crippen MR) is 73.7 cm³/mol. The van der Waals surface area contributed by atoms with Crippen molar-refractivity contribution in [3.63, 3.8) is 0 Å². The van der Waals surface area contributed by atoms with Gasteiger partial charge in [-0.15, -0.1) is 0 Å². The zero-order valence-electron chi connectivity index (χ0n) is 11.4. The fourth-order valence-electron chi connectivity index (χ4n) is 2.41. The molecule has 2 rings (SSSR count). The van der Waals surface area contributed by atoms with E-state index in [1.165, 1.54) is 15.2 Å². The summed E-state index contributed by atoms with van der Waals surface area (Å²) in [5, 5.41) is 0.123. The maximum atomic E-state index is 12.6. The molecule has 19 heavy (non-hydrogen) atoms. The van der Waals surface area contributed by atoms with E-state index in [-0.39, 0.29) is 16.2 Å². The summed E-state index contributed by atoms with van der Waals surface area (Å²) in [7, 11) is 1.96. The van der Waals surface area contributed by atoms with Crippen molar-refractivity contribution in [2.45, 2.75) is 23.9 Å². The zero-order valence-corrected chi connectivity index (χ0v) is 12.9. The number of aryl methyl sites for hydroxylation is 1. The van der Waals surface area contributed by atoms with Crippen LogP contribution in [0.4, 0.5) is 0 Å². The van der Waals surface area contributed by atoms with E-state index in [0.29, 0.717) is 13.1 Å². The molecule has 1 aromatic rings. The molecule has 1 fully saturated rings. The van der Waals surface area contributed by atoms with Gasteiger partial charge in [-0.3, -0.25) is 0 Å². The maximum Gasteiger partial charge on any atom is 0.263 e. The van der Waals surface area contributed by atoms with Crippen molar-refractivity contribution in [3.05, 3.63) is 11.5 Å². The van der Waals surface area contributed by atoms with Crippen LogP contribution in [-0.2, 0) is 17.1 Å². The van der Waals surface area contributed by atoms with Gasteiger partial charge in [-0.2, -0.15) is 4.31 Å². The van der Waals surface area contributed by atoms with E-state index < -0.39 is 10.0 Å². The monoisotopic (exact) mass is 306 g/mol. The van der Waals surface area contributed by atoms with Crippen LogP contribution >= 0.6 is 11.6 Å². The first-order chi connectivity index (χ1) is 8.84. The van der Waals surface area contributed by atoms with Crippen molar-refractivity contribution in [1.29, 1.82) is 0 Å². The summed E-state index contributed by atoms with van der Waals surface area (Å²) in [5.41, 5.74) is 0. The predicted octanol–water partition coefficient (Wildman–Crippen LogP) is 0.788. The highest BCUT2D eigenvalue weighted by atomic mass is 35.5. The minimum Gasteiger partial charge on any atom is -0.324 e. The molecule has 6 nitrogen and oxygen atoms in total. The molecule has 108 valence electrons. The third kappa shape index (κ3) is 2.79. The second-order valence-corrected chi connectivity index (χ2v) is 7.29. The van der Waals surface area contributed by atoms with Gasteiger partial charge in [0.15, 0.2) is 0 Å². The van der Waals surface area contributed by atoms with E-state index in [0.717, 1.165) is 12.8 Å². The third-order valence-electron chi connectivity index (χ3n) is 3.29. The number of hydrogen-bond acceptors (Lipinski definition) is 4. The molecule has 0 aliphatic carbocycles. The number of aromatic nitrogens is 2. The third-order valence-corrected chi connectivity index (χ3v) is 5.73. The minimum atomic E-state index is -3.60. The van der Waals surface area contributed by atoms with E-state index in [4.69, 9.17) is 11.6 Å². The number of nitrogens with zero attached hydrogens (tertiary/aromatic N) is 4. The Balaban J connectivity index is 2.31. The van der Waals surface area contributed by atoms with E-state index in [9.17, 15) is 8.42 Å². The molecule has 1 saturated heterocycles. The Hall–Kier alpha value is -0.630. The number of sulfonamides is 1. The Kier molecular flexibility index (Phi) is 4.20. The molecule has 2 heterocycles. The second kappa shape index (κ2) is 5.40. The van der Waals surface area contributed by atoms with E-state index in [1.54, 1.807) is 7.05 Å². The zero-order chi connectivity index (χ0) is 14.2. The molecule has 8 heteroatoms. The largest absolute Gasteiger partial charge is 0.324 e. The molecule has 1 atom stereocenters. The Labute approximate surface area is 119 Å². The van der Waals surface area contributed by atoms with Crippen LogP contribution in [0.15, 0.2) is 11.4 Å². The Morgan fingerprint density at radius 3 is 2.74 bits per heavy atom. The van der Waals surface area contributed by atoms with Gasteiger partial charge in [0.1, 0.15) is 5.15 Å². The standard InChI is InChI=1S/C11H19ClN4O2S/c1-14(2)7-9-5-4-6-16(9)19(17,18)11-10(12)15(3)8-13-11/h8-9H,4-7H2,1-3H3. The Bertz CT molecular complexity index is 555. The molecule has 0 spiro atoms. The normalized spacial score (nSPS) is 21.4. The molecule has 0 N–H and O–H groups in total. The molecular formula is C11H19ClN4O2S. The lowest BCUT2D eigenvalue weighted by molar-refractivity contribution is 0.291. The molecule has 0 bridgehead atoms. The van der Waals surface area contributed by atoms with Gasteiger partial charge < -0.3 is 9.47 Å². The summed E-state index contributed by atoms with van der Waals surface area (Å²) in [6.45, 7) is 1.25. The SMILES string of the molecule is CN(C)CC1CCCN1S(=O)(=O)c1ncn(C)c1Cl. The summed E-state index contributed by atoms with van der Waals surface area (Å²) in [5.74, 6) is 0. The van der Waals surface area contributed by atoms with Crippen molar-refractivity contribution in [2.75, 3.05) is 27.2 Å². The first-order valence-electron chi connectivity index (χ1n) is 6.17. The van der Waals surface area contributed by atoms with Gasteiger partial charge in [0.05, 0.1) is 6.33 Å². The lowest BCUT2D eigenvalue weighted by Crippen LogP contribution is -2.41. The van der Waals surface area contributed by atoms with Gasteiger partial charge in [-0.1, -0.05) is 11.6 Å². The maximum absolute atomic E-state index is 12.6. The topological polar surface area (TPSA) is 58.4 Å². The molecule has 1 aromatic heterocycles. The number of hydrogen-bond donors (Lipinski definition) is 0. The number of imidazole rings is 1. The van der Waals surface area contributed by atoms with Gasteiger partial charge in [0.2, 0.25) is 5.03 Å². The summed E-state index contributed by atoms with van der Waals surface area (Å²) in [6.07, 6.45) is 3.18. The van der Waals surface area contributed by atoms with E-state index in [1.807, 2.05) is 19.0 Å². The van der Waals surface area contributed by atoms with Crippen LogP contribution < -0.4 is 0 Å². The molecular weight excluding hydrogens is 288 g/mol. The highest BCUT2D eigenvalue weighted by Gasteiger charge is 2.38. The van der Waals surface area contributed by atoms with Gasteiger partial charge in [-0.05, 0) is 26.9 Å². The average Bonchev–Trinajstić information content (AvgIpc) is 2.87. The van der Waals surface area contributed by atoms with Crippen LogP contribution in [0.1, 0.15) is 12.8 Å². The molecule has 0 saturated carbocycles. The Morgan fingerprint density at radius 1 is 1.53 bits per heavy atom. The Morgan fingerprint density at radius 2 is 2.21 bits per heavy atom. The highest BCUT2D eigenvalue weighted by Crippen LogP contribution is 2.29. The van der Waals surface area contributed by atoms with Crippen molar-refractivity contribution >= 4 is 21.6 Å². The summed E-state index contributed by atoms with van der Waals surface area (Å²) >= 11 is 6.01. The van der Waals surface area contributed by atoms with E-state index >= 15 is 0 Å². The van der Waals surface area contributed by atoms with Crippen LogP contribution in [-0.4, -0.2) is 60.4 Å². The van der Waals surface area contributed by atoms with E-state index in [2.05, 4.69) is 4.98 Å². The average molecular weight is 307 g/mol. The second-order valence-electron chi connectivity index (χ2n) is 5.13. The van der Waals surface area contributed by atoms with Gasteiger partial charge >= 0.3 is 0 Å². The molecule has 0 radical (unpaired) electrons. The van der Waals surface area contributed by atoms with Gasteiger partial charge in [0.25, 0.3) is 10.0 Å². The molecule has 0 amide bonds. The van der Waals surface area contributed by atoms with Crippen LogP contribution in [0.3, 0.4) is 0 Å². The van der Waals surface area contributed by atoms with Crippen LogP contribution in [0, 0.1) is 0 Å². The molecule has 1 aliphatic rings. The number of halogens is 1. The smallest absolute Gasteiger partial charge is 0.263 e. The molecule has 1 aliphatic heterocycles. The molecule has 0 aromatic carbocycles. The van der Waals surface area contributed by atoms with Crippen LogP contribution in [0.25, 0.3) is 0 Å². The number of rotatable bonds is 4. The fourth-order valence-corrected chi connectivity index (χ4v) is 4.49. The van der Waals surface area contributed by atoms with Gasteiger partial charge in [0, 0.05) is 26.2 Å². The van der Waals surface area contributed by atoms with Crippen molar-refractivity contribution < 1.29 is 8.42 Å². The summed E-state index contributed by atoms with van der Waals surface area (Å²) in [4.78, 5) is 5.93. The minimum absolute atomic E-state index is 0.00178. The highest BCUT2D eigenvalue weighted by molar-refractivity contribution is 7.89. The lowest BCUT2D eigenvalue weighted by atomic mass is 10.2. The van der Waals surface area contributed by atoms with Gasteiger partial charge in [-0.25, -0.2) is 13.4 Å². The quantitative estimate of drug-likeness (QED) is 0.825. The summed E-state index contributed by atoms with van der Waals surface area (Å²) < 4.78 is 28.2. The first kappa shape index (κ1) is 14.8.